The van der Waals surface area contributed by atoms with Gasteiger partial charge in [-0.15, -0.1) is 11.8 Å². The Morgan fingerprint density at radius 3 is 2.71 bits per heavy atom. The first-order valence-corrected chi connectivity index (χ1v) is 9.03. The van der Waals surface area contributed by atoms with Gasteiger partial charge in [0.1, 0.15) is 0 Å². The zero-order valence-corrected chi connectivity index (χ0v) is 15.0. The summed E-state index contributed by atoms with van der Waals surface area (Å²) in [5.74, 6) is -1.01. The van der Waals surface area contributed by atoms with Gasteiger partial charge in [-0.1, -0.05) is 30.7 Å². The quantitative estimate of drug-likeness (QED) is 0.609. The number of thioether (sulfide) groups is 1. The van der Waals surface area contributed by atoms with Crippen LogP contribution < -0.4 is 5.32 Å². The van der Waals surface area contributed by atoms with E-state index in [1.165, 1.54) is 11.8 Å². The molecule has 0 atom stereocenters. The van der Waals surface area contributed by atoms with Crippen molar-refractivity contribution in [2.24, 2.45) is 0 Å². The second kappa shape index (κ2) is 8.76. The smallest absolute Gasteiger partial charge is 0.340 e. The normalized spacial score (nSPS) is 10.3. The van der Waals surface area contributed by atoms with E-state index in [0.29, 0.717) is 10.7 Å². The van der Waals surface area contributed by atoms with Gasteiger partial charge in [-0.25, -0.2) is 4.79 Å². The van der Waals surface area contributed by atoms with E-state index in [1.807, 2.05) is 37.4 Å². The van der Waals surface area contributed by atoms with E-state index in [0.717, 1.165) is 16.9 Å². The van der Waals surface area contributed by atoms with Crippen LogP contribution in [-0.2, 0) is 16.0 Å². The average Bonchev–Trinajstić information content (AvgIpc) is 2.60. The van der Waals surface area contributed by atoms with Crippen LogP contribution in [0.3, 0.4) is 0 Å². The molecule has 1 N–H and O–H groups in total. The lowest BCUT2D eigenvalue weighted by Gasteiger charge is -2.09. The number of aryl methyl sites for hydroxylation is 1. The fourth-order valence-corrected chi connectivity index (χ4v) is 2.70. The Morgan fingerprint density at radius 1 is 1.21 bits per heavy atom. The van der Waals surface area contributed by atoms with E-state index in [9.17, 15) is 9.59 Å². The molecule has 24 heavy (non-hydrogen) atoms. The molecule has 0 aliphatic rings. The monoisotopic (exact) mass is 363 g/mol. The van der Waals surface area contributed by atoms with Crippen molar-refractivity contribution in [1.29, 1.82) is 0 Å². The van der Waals surface area contributed by atoms with Crippen molar-refractivity contribution < 1.29 is 14.3 Å². The van der Waals surface area contributed by atoms with Crippen LogP contribution >= 0.6 is 23.4 Å². The summed E-state index contributed by atoms with van der Waals surface area (Å²) in [6.45, 7) is 1.67. The second-order valence-electron chi connectivity index (χ2n) is 5.02. The maximum Gasteiger partial charge on any atom is 0.340 e. The van der Waals surface area contributed by atoms with Crippen molar-refractivity contribution >= 4 is 40.9 Å². The van der Waals surface area contributed by atoms with Crippen LogP contribution in [-0.4, -0.2) is 24.7 Å². The number of rotatable bonds is 6. The summed E-state index contributed by atoms with van der Waals surface area (Å²) in [5.41, 5.74) is 2.05. The molecule has 4 nitrogen and oxygen atoms in total. The fraction of sp³-hybridized carbons (Fsp3) is 0.222. The van der Waals surface area contributed by atoms with E-state index in [1.54, 1.807) is 18.2 Å². The molecule has 0 aliphatic heterocycles. The van der Waals surface area contributed by atoms with Gasteiger partial charge in [0.25, 0.3) is 5.91 Å². The number of esters is 1. The summed E-state index contributed by atoms with van der Waals surface area (Å²) in [4.78, 5) is 24.9. The molecule has 1 amide bonds. The molecule has 0 aromatic heterocycles. The molecule has 0 fully saturated rings. The highest BCUT2D eigenvalue weighted by atomic mass is 35.5. The Hall–Kier alpha value is -1.98. The van der Waals surface area contributed by atoms with E-state index >= 15 is 0 Å². The van der Waals surface area contributed by atoms with Gasteiger partial charge in [0, 0.05) is 10.6 Å². The van der Waals surface area contributed by atoms with E-state index < -0.39 is 11.9 Å². The number of hydrogen-bond acceptors (Lipinski definition) is 4. The van der Waals surface area contributed by atoms with Gasteiger partial charge in [0.2, 0.25) is 0 Å². The molecule has 0 saturated heterocycles. The summed E-state index contributed by atoms with van der Waals surface area (Å²) in [5, 5.41) is 3.01. The number of nitrogens with one attached hydrogen (secondary N) is 1. The molecule has 2 aromatic carbocycles. The molecular formula is C18H18ClNO3S. The molecule has 0 bridgehead atoms. The number of benzene rings is 2. The number of carbonyl (C=O) groups excluding carboxylic acids is 2. The highest BCUT2D eigenvalue weighted by Crippen LogP contribution is 2.23. The number of hydrogen-bond donors (Lipinski definition) is 1. The predicted molar refractivity (Wildman–Crippen MR) is 98.0 cm³/mol. The topological polar surface area (TPSA) is 55.4 Å². The summed E-state index contributed by atoms with van der Waals surface area (Å²) < 4.78 is 5.05. The van der Waals surface area contributed by atoms with Crippen LogP contribution in [0, 0.1) is 0 Å². The van der Waals surface area contributed by atoms with E-state index in [4.69, 9.17) is 16.3 Å². The highest BCUT2D eigenvalue weighted by molar-refractivity contribution is 7.98. The van der Waals surface area contributed by atoms with E-state index in [-0.39, 0.29) is 12.2 Å². The Morgan fingerprint density at radius 2 is 2.00 bits per heavy atom. The molecule has 0 heterocycles. The van der Waals surface area contributed by atoms with Crippen molar-refractivity contribution in [3.05, 3.63) is 58.6 Å². The van der Waals surface area contributed by atoms with Gasteiger partial charge in [0.05, 0.1) is 10.6 Å². The largest absolute Gasteiger partial charge is 0.452 e. The molecule has 0 radical (unpaired) electrons. The third-order valence-corrected chi connectivity index (χ3v) is 4.40. The lowest BCUT2D eigenvalue weighted by Crippen LogP contribution is -2.21. The lowest BCUT2D eigenvalue weighted by atomic mass is 10.1. The number of halogens is 1. The number of carbonyl (C=O) groups is 2. The summed E-state index contributed by atoms with van der Waals surface area (Å²) >= 11 is 7.51. The number of anilines is 1. The molecule has 126 valence electrons. The lowest BCUT2D eigenvalue weighted by molar-refractivity contribution is -0.119. The molecule has 0 saturated carbocycles. The maximum absolute atomic E-state index is 12.1. The first-order chi connectivity index (χ1) is 11.5. The van der Waals surface area contributed by atoms with Gasteiger partial charge in [-0.05, 0) is 48.6 Å². The molecular weight excluding hydrogens is 346 g/mol. The minimum Gasteiger partial charge on any atom is -0.452 e. The van der Waals surface area contributed by atoms with Crippen LogP contribution in [0.15, 0.2) is 47.4 Å². The summed E-state index contributed by atoms with van der Waals surface area (Å²) in [6.07, 6.45) is 2.78. The number of ether oxygens (including phenoxy) is 1. The second-order valence-corrected chi connectivity index (χ2v) is 6.31. The van der Waals surface area contributed by atoms with Gasteiger partial charge < -0.3 is 10.1 Å². The SMILES string of the molecule is CCc1cccc(NC(=O)COC(=O)c2cc(SC)ccc2Cl)c1. The van der Waals surface area contributed by atoms with Crippen molar-refractivity contribution in [1.82, 2.24) is 0 Å². The zero-order chi connectivity index (χ0) is 17.5. The van der Waals surface area contributed by atoms with Gasteiger partial charge in [-0.2, -0.15) is 0 Å². The number of amides is 1. The van der Waals surface area contributed by atoms with Gasteiger partial charge in [0.15, 0.2) is 6.61 Å². The average molecular weight is 364 g/mol. The molecule has 0 spiro atoms. The van der Waals surface area contributed by atoms with Crippen LogP contribution in [0.25, 0.3) is 0 Å². The van der Waals surface area contributed by atoms with Crippen molar-refractivity contribution in [2.45, 2.75) is 18.2 Å². The minimum atomic E-state index is -0.617. The Bertz CT molecular complexity index is 749. The first-order valence-electron chi connectivity index (χ1n) is 7.43. The zero-order valence-electron chi connectivity index (χ0n) is 13.5. The minimum absolute atomic E-state index is 0.254. The maximum atomic E-state index is 12.1. The van der Waals surface area contributed by atoms with Crippen molar-refractivity contribution in [2.75, 3.05) is 18.2 Å². The van der Waals surface area contributed by atoms with Crippen molar-refractivity contribution in [3.8, 4) is 0 Å². The fourth-order valence-electron chi connectivity index (χ4n) is 2.06. The van der Waals surface area contributed by atoms with E-state index in [2.05, 4.69) is 5.32 Å². The standard InChI is InChI=1S/C18H18ClNO3S/c1-3-12-5-4-6-13(9-12)20-17(21)11-23-18(22)15-10-14(24-2)7-8-16(15)19/h4-10H,3,11H2,1-2H3,(H,20,21). The molecule has 6 heteroatoms. The molecule has 2 aromatic rings. The third-order valence-electron chi connectivity index (χ3n) is 3.35. The molecule has 0 unspecified atom stereocenters. The Kier molecular flexibility index (Phi) is 6.70. The molecule has 2 rings (SSSR count). The van der Waals surface area contributed by atoms with Crippen LogP contribution in [0.2, 0.25) is 5.02 Å². The van der Waals surface area contributed by atoms with Crippen LogP contribution in [0.4, 0.5) is 5.69 Å². The summed E-state index contributed by atoms with van der Waals surface area (Å²) in [6, 6.07) is 12.6. The van der Waals surface area contributed by atoms with Crippen LogP contribution in [0.1, 0.15) is 22.8 Å². The van der Waals surface area contributed by atoms with Crippen molar-refractivity contribution in [3.63, 3.8) is 0 Å². The Labute approximate surface area is 150 Å². The van der Waals surface area contributed by atoms with Gasteiger partial charge >= 0.3 is 5.97 Å². The Balaban J connectivity index is 1.94. The molecule has 0 aliphatic carbocycles. The summed E-state index contributed by atoms with van der Waals surface area (Å²) in [7, 11) is 0. The highest BCUT2D eigenvalue weighted by Gasteiger charge is 2.14. The third kappa shape index (κ3) is 5.01. The predicted octanol–water partition coefficient (Wildman–Crippen LogP) is 4.42. The first kappa shape index (κ1) is 18.4. The van der Waals surface area contributed by atoms with Gasteiger partial charge in [-0.3, -0.25) is 4.79 Å². The van der Waals surface area contributed by atoms with Crippen LogP contribution in [0.5, 0.6) is 0 Å².